The van der Waals surface area contributed by atoms with E-state index in [1.165, 1.54) is 0 Å². The number of ether oxygens (including phenoxy) is 1. The summed E-state index contributed by atoms with van der Waals surface area (Å²) in [6.45, 7) is 1.94. The zero-order valence-electron chi connectivity index (χ0n) is 18.7. The monoisotopic (exact) mass is 444 g/mol. The molecule has 2 N–H and O–H groups in total. The quantitative estimate of drug-likeness (QED) is 0.584. The summed E-state index contributed by atoms with van der Waals surface area (Å²) in [7, 11) is 1.56. The van der Waals surface area contributed by atoms with Crippen molar-refractivity contribution in [2.45, 2.75) is 25.4 Å². The van der Waals surface area contributed by atoms with Crippen LogP contribution in [0.15, 0.2) is 73.1 Å². The number of piperidine rings is 1. The first-order valence-electron chi connectivity index (χ1n) is 11.1. The van der Waals surface area contributed by atoms with Crippen LogP contribution in [0.1, 0.15) is 39.1 Å². The molecule has 7 nitrogen and oxygen atoms in total. The fourth-order valence-electron chi connectivity index (χ4n) is 4.08. The maximum Gasteiger partial charge on any atom is 0.255 e. The van der Waals surface area contributed by atoms with Crippen molar-refractivity contribution in [1.29, 1.82) is 0 Å². The number of nitrogens with one attached hydrogen (secondary N) is 2. The maximum absolute atomic E-state index is 12.9. The summed E-state index contributed by atoms with van der Waals surface area (Å²) in [5, 5.41) is 6.11. The van der Waals surface area contributed by atoms with Gasteiger partial charge in [0.05, 0.1) is 18.2 Å². The molecule has 7 heteroatoms. The smallest absolute Gasteiger partial charge is 0.255 e. The second kappa shape index (κ2) is 10.6. The number of aromatic nitrogens is 1. The first-order chi connectivity index (χ1) is 16.2. The third-order valence-electron chi connectivity index (χ3n) is 5.85. The standard InChI is InChI=1S/C26H28N4O3/c1-33-24-11-5-3-9-22(24)26(32)29-20-12-15-30(16-13-20)23-10-4-2-8-21(23)25(31)28-18-19-7-6-14-27-17-19/h2-11,14,17,20H,12-13,15-16,18H2,1H3,(H,28,31)(H,29,32). The van der Waals surface area contributed by atoms with Gasteiger partial charge in [-0.2, -0.15) is 0 Å². The van der Waals surface area contributed by atoms with E-state index in [1.54, 1.807) is 31.6 Å². The molecule has 2 heterocycles. The van der Waals surface area contributed by atoms with Crippen LogP contribution < -0.4 is 20.3 Å². The number of amides is 2. The van der Waals surface area contributed by atoms with Gasteiger partial charge in [0, 0.05) is 43.8 Å². The minimum Gasteiger partial charge on any atom is -0.496 e. The third-order valence-corrected chi connectivity index (χ3v) is 5.85. The van der Waals surface area contributed by atoms with Gasteiger partial charge < -0.3 is 20.3 Å². The summed E-state index contributed by atoms with van der Waals surface area (Å²) >= 11 is 0. The molecule has 1 aliphatic heterocycles. The number of carbonyl (C=O) groups is 2. The van der Waals surface area contributed by atoms with Crippen molar-refractivity contribution in [1.82, 2.24) is 15.6 Å². The third kappa shape index (κ3) is 5.49. The lowest BCUT2D eigenvalue weighted by Gasteiger charge is -2.35. The number of carbonyl (C=O) groups excluding carboxylic acids is 2. The van der Waals surface area contributed by atoms with Crippen molar-refractivity contribution < 1.29 is 14.3 Å². The number of hydrogen-bond acceptors (Lipinski definition) is 5. The zero-order chi connectivity index (χ0) is 23.0. The minimum absolute atomic E-state index is 0.0743. The van der Waals surface area contributed by atoms with Gasteiger partial charge in [-0.1, -0.05) is 30.3 Å². The van der Waals surface area contributed by atoms with Crippen LogP contribution in [0.5, 0.6) is 5.75 Å². The average molecular weight is 445 g/mol. The number of pyridine rings is 1. The van der Waals surface area contributed by atoms with Crippen LogP contribution in [0.25, 0.3) is 0 Å². The Balaban J connectivity index is 1.36. The van der Waals surface area contributed by atoms with Gasteiger partial charge in [0.15, 0.2) is 0 Å². The Bertz CT molecular complexity index is 1100. The van der Waals surface area contributed by atoms with Crippen molar-refractivity contribution in [3.63, 3.8) is 0 Å². The molecule has 33 heavy (non-hydrogen) atoms. The van der Waals surface area contributed by atoms with Gasteiger partial charge in [0.2, 0.25) is 0 Å². The molecule has 1 fully saturated rings. The molecular formula is C26H28N4O3. The summed E-state index contributed by atoms with van der Waals surface area (Å²) in [6, 6.07) is 18.7. The lowest BCUT2D eigenvalue weighted by molar-refractivity contribution is 0.0926. The number of benzene rings is 2. The minimum atomic E-state index is -0.124. The summed E-state index contributed by atoms with van der Waals surface area (Å²) in [5.74, 6) is 0.334. The van der Waals surface area contributed by atoms with Crippen LogP contribution >= 0.6 is 0 Å². The van der Waals surface area contributed by atoms with Gasteiger partial charge >= 0.3 is 0 Å². The first kappa shape index (κ1) is 22.3. The number of anilines is 1. The molecule has 0 bridgehead atoms. The topological polar surface area (TPSA) is 83.6 Å². The molecule has 1 aliphatic rings. The van der Waals surface area contributed by atoms with E-state index in [9.17, 15) is 9.59 Å². The van der Waals surface area contributed by atoms with Gasteiger partial charge in [-0.05, 0) is 48.7 Å². The second-order valence-electron chi connectivity index (χ2n) is 8.00. The lowest BCUT2D eigenvalue weighted by atomic mass is 10.0. The van der Waals surface area contributed by atoms with Crippen molar-refractivity contribution >= 4 is 17.5 Å². The molecule has 1 aromatic heterocycles. The second-order valence-corrected chi connectivity index (χ2v) is 8.00. The Labute approximate surface area is 193 Å². The van der Waals surface area contributed by atoms with E-state index in [-0.39, 0.29) is 17.9 Å². The Kier molecular flexibility index (Phi) is 7.19. The predicted octanol–water partition coefficient (Wildman–Crippen LogP) is 3.42. The zero-order valence-corrected chi connectivity index (χ0v) is 18.7. The van der Waals surface area contributed by atoms with Crippen LogP contribution in [0.4, 0.5) is 5.69 Å². The Hall–Kier alpha value is -3.87. The van der Waals surface area contributed by atoms with E-state index in [4.69, 9.17) is 4.74 Å². The highest BCUT2D eigenvalue weighted by atomic mass is 16.5. The number of para-hydroxylation sites is 2. The van der Waals surface area contributed by atoms with Gasteiger partial charge in [-0.15, -0.1) is 0 Å². The lowest BCUT2D eigenvalue weighted by Crippen LogP contribution is -2.45. The van der Waals surface area contributed by atoms with Gasteiger partial charge in [0.1, 0.15) is 5.75 Å². The molecule has 0 aliphatic carbocycles. The molecule has 0 atom stereocenters. The van der Waals surface area contributed by atoms with Crippen LogP contribution in [-0.4, -0.2) is 43.0 Å². The highest BCUT2D eigenvalue weighted by Gasteiger charge is 2.24. The van der Waals surface area contributed by atoms with E-state index in [0.717, 1.165) is 37.2 Å². The maximum atomic E-state index is 12.9. The molecule has 0 unspecified atom stereocenters. The molecule has 0 saturated carbocycles. The molecule has 2 amide bonds. The molecule has 0 spiro atoms. The van der Waals surface area contributed by atoms with Gasteiger partial charge in [-0.25, -0.2) is 0 Å². The van der Waals surface area contributed by atoms with Crippen molar-refractivity contribution in [2.24, 2.45) is 0 Å². The van der Waals surface area contributed by atoms with Crippen LogP contribution in [0, 0.1) is 0 Å². The predicted molar refractivity (Wildman–Crippen MR) is 128 cm³/mol. The SMILES string of the molecule is COc1ccccc1C(=O)NC1CCN(c2ccccc2C(=O)NCc2cccnc2)CC1. The molecule has 1 saturated heterocycles. The van der Waals surface area contributed by atoms with E-state index in [2.05, 4.69) is 20.5 Å². The number of methoxy groups -OCH3 is 1. The number of hydrogen-bond donors (Lipinski definition) is 2. The fourth-order valence-corrected chi connectivity index (χ4v) is 4.08. The van der Waals surface area contributed by atoms with Crippen molar-refractivity contribution in [3.8, 4) is 5.75 Å². The highest BCUT2D eigenvalue weighted by Crippen LogP contribution is 2.25. The van der Waals surface area contributed by atoms with Gasteiger partial charge in [0.25, 0.3) is 11.8 Å². The molecule has 4 rings (SSSR count). The number of nitrogens with zero attached hydrogens (tertiary/aromatic N) is 2. The van der Waals surface area contributed by atoms with Crippen molar-refractivity contribution in [3.05, 3.63) is 89.7 Å². The molecule has 170 valence electrons. The summed E-state index contributed by atoms with van der Waals surface area (Å²) in [5.41, 5.74) is 3.06. The van der Waals surface area contributed by atoms with E-state index in [0.29, 0.717) is 23.4 Å². The average Bonchev–Trinajstić information content (AvgIpc) is 2.88. The van der Waals surface area contributed by atoms with E-state index < -0.39 is 0 Å². The normalized spacial score (nSPS) is 13.9. The highest BCUT2D eigenvalue weighted by molar-refractivity contribution is 6.00. The van der Waals surface area contributed by atoms with Crippen molar-refractivity contribution in [2.75, 3.05) is 25.1 Å². The summed E-state index contributed by atoms with van der Waals surface area (Å²) in [6.07, 6.45) is 5.05. The number of rotatable bonds is 7. The Morgan fingerprint density at radius 3 is 2.42 bits per heavy atom. The van der Waals surface area contributed by atoms with E-state index in [1.807, 2.05) is 48.5 Å². The molecule has 0 radical (unpaired) electrons. The van der Waals surface area contributed by atoms with Crippen LogP contribution in [0.2, 0.25) is 0 Å². The molecule has 2 aromatic carbocycles. The fraction of sp³-hybridized carbons (Fsp3) is 0.269. The van der Waals surface area contributed by atoms with Gasteiger partial charge in [-0.3, -0.25) is 14.6 Å². The van der Waals surface area contributed by atoms with E-state index >= 15 is 0 Å². The summed E-state index contributed by atoms with van der Waals surface area (Å²) in [4.78, 5) is 31.9. The Morgan fingerprint density at radius 1 is 0.970 bits per heavy atom. The Morgan fingerprint density at radius 2 is 1.70 bits per heavy atom. The molecule has 3 aromatic rings. The first-order valence-corrected chi connectivity index (χ1v) is 11.1. The van der Waals surface area contributed by atoms with Crippen LogP contribution in [-0.2, 0) is 6.54 Å². The molecular weight excluding hydrogens is 416 g/mol. The largest absolute Gasteiger partial charge is 0.496 e. The van der Waals surface area contributed by atoms with Crippen LogP contribution in [0.3, 0.4) is 0 Å². The summed E-state index contributed by atoms with van der Waals surface area (Å²) < 4.78 is 5.30.